The van der Waals surface area contributed by atoms with Crippen LogP contribution in [0.25, 0.3) is 0 Å². The number of rotatable bonds is 4. The predicted octanol–water partition coefficient (Wildman–Crippen LogP) is 2.11. The summed E-state index contributed by atoms with van der Waals surface area (Å²) in [5, 5.41) is 1.30. The Labute approximate surface area is 129 Å². The van der Waals surface area contributed by atoms with E-state index in [1.54, 1.807) is 16.7 Å². The summed E-state index contributed by atoms with van der Waals surface area (Å²) in [6.45, 7) is 0.800. The van der Waals surface area contributed by atoms with E-state index in [9.17, 15) is 13.2 Å². The Hall–Kier alpha value is 0.110. The number of hydrogen-bond donors (Lipinski definition) is 0. The molecular formula is C11H14BrNO3S3. The number of carbonyl (C=O) groups is 1. The fourth-order valence-corrected chi connectivity index (χ4v) is 6.41. The van der Waals surface area contributed by atoms with Crippen molar-refractivity contribution in [2.75, 3.05) is 30.9 Å². The molecule has 2 rings (SSSR count). The average molecular weight is 384 g/mol. The summed E-state index contributed by atoms with van der Waals surface area (Å²) in [7, 11) is -3.16. The number of halogens is 1. The van der Waals surface area contributed by atoms with Crippen LogP contribution in [0.15, 0.2) is 15.9 Å². The first-order valence-corrected chi connectivity index (χ1v) is 10.4. The molecule has 4 nitrogen and oxygen atoms in total. The van der Waals surface area contributed by atoms with Crippen LogP contribution in [0, 0.1) is 0 Å². The molecule has 0 saturated carbocycles. The zero-order valence-corrected chi connectivity index (χ0v) is 14.4. The maximum Gasteiger partial charge on any atom is 0.187 e. The molecule has 19 heavy (non-hydrogen) atoms. The minimum absolute atomic E-state index is 0.0255. The van der Waals surface area contributed by atoms with Crippen LogP contribution in [0.1, 0.15) is 9.67 Å². The van der Waals surface area contributed by atoms with E-state index in [0.717, 1.165) is 10.2 Å². The average Bonchev–Trinajstić information content (AvgIpc) is 2.75. The molecule has 1 unspecified atom stereocenters. The van der Waals surface area contributed by atoms with Gasteiger partial charge in [-0.1, -0.05) is 0 Å². The van der Waals surface area contributed by atoms with E-state index in [4.69, 9.17) is 0 Å². The van der Waals surface area contributed by atoms with Crippen molar-refractivity contribution in [2.24, 2.45) is 0 Å². The Balaban J connectivity index is 2.12. The highest BCUT2D eigenvalue weighted by molar-refractivity contribution is 9.10. The van der Waals surface area contributed by atoms with Gasteiger partial charge in [-0.15, -0.1) is 11.3 Å². The van der Waals surface area contributed by atoms with Crippen molar-refractivity contribution in [1.82, 2.24) is 4.90 Å². The normalized spacial score (nSPS) is 21.5. The summed E-state index contributed by atoms with van der Waals surface area (Å²) in [5.41, 5.74) is 0. The van der Waals surface area contributed by atoms with Crippen LogP contribution < -0.4 is 0 Å². The zero-order valence-electron chi connectivity index (χ0n) is 10.3. The van der Waals surface area contributed by atoms with Crippen molar-refractivity contribution in [1.29, 1.82) is 0 Å². The molecule has 1 saturated heterocycles. The molecule has 1 aromatic rings. The minimum atomic E-state index is -3.16. The van der Waals surface area contributed by atoms with Gasteiger partial charge >= 0.3 is 0 Å². The number of hydrogen-bond acceptors (Lipinski definition) is 6. The number of Topliss-reactive ketones (excluding diaryl/α,β-unsaturated/α-hetero) is 1. The molecule has 0 aliphatic carbocycles. The highest BCUT2D eigenvalue weighted by atomic mass is 79.9. The van der Waals surface area contributed by atoms with Crippen LogP contribution in [0.3, 0.4) is 0 Å². The van der Waals surface area contributed by atoms with E-state index in [1.165, 1.54) is 17.6 Å². The standard InChI is InChI=1S/C11H14BrNO3S3/c1-19(15,16)10-7-17-5-3-13(10)6-9(14)11-8(12)2-4-18-11/h2,4,10H,3,5-7H2,1H3. The third-order valence-electron chi connectivity index (χ3n) is 2.90. The molecule has 0 spiro atoms. The van der Waals surface area contributed by atoms with E-state index >= 15 is 0 Å². The van der Waals surface area contributed by atoms with Crippen LogP contribution in [0.5, 0.6) is 0 Å². The van der Waals surface area contributed by atoms with E-state index in [1.807, 2.05) is 11.4 Å². The molecule has 0 N–H and O–H groups in total. The van der Waals surface area contributed by atoms with Crippen LogP contribution >= 0.6 is 39.0 Å². The Morgan fingerprint density at radius 1 is 1.58 bits per heavy atom. The van der Waals surface area contributed by atoms with Gasteiger partial charge in [0.1, 0.15) is 5.37 Å². The molecule has 1 aliphatic rings. The summed E-state index contributed by atoms with van der Waals surface area (Å²) in [4.78, 5) is 14.6. The molecule has 1 atom stereocenters. The summed E-state index contributed by atoms with van der Waals surface area (Å²) >= 11 is 6.33. The van der Waals surface area contributed by atoms with Crippen molar-refractivity contribution < 1.29 is 13.2 Å². The van der Waals surface area contributed by atoms with Crippen LogP contribution in [0.4, 0.5) is 0 Å². The van der Waals surface area contributed by atoms with E-state index in [-0.39, 0.29) is 12.3 Å². The van der Waals surface area contributed by atoms with Gasteiger partial charge < -0.3 is 0 Å². The maximum atomic E-state index is 12.2. The van der Waals surface area contributed by atoms with Gasteiger partial charge in [-0.05, 0) is 27.4 Å². The Kier molecular flexibility index (Phi) is 5.10. The van der Waals surface area contributed by atoms with Gasteiger partial charge in [-0.3, -0.25) is 9.69 Å². The third kappa shape index (κ3) is 3.81. The van der Waals surface area contributed by atoms with E-state index in [0.29, 0.717) is 17.2 Å². The van der Waals surface area contributed by atoms with Crippen molar-refractivity contribution in [3.8, 4) is 0 Å². The molecule has 2 heterocycles. The molecule has 106 valence electrons. The first kappa shape index (κ1) is 15.5. The molecule has 0 radical (unpaired) electrons. The molecule has 0 bridgehead atoms. The first-order chi connectivity index (χ1) is 8.89. The lowest BCUT2D eigenvalue weighted by Gasteiger charge is -2.33. The molecule has 8 heteroatoms. The minimum Gasteiger partial charge on any atom is -0.292 e. The van der Waals surface area contributed by atoms with Gasteiger partial charge in [0.2, 0.25) is 0 Å². The lowest BCUT2D eigenvalue weighted by molar-refractivity contribution is 0.0932. The lowest BCUT2D eigenvalue weighted by Crippen LogP contribution is -2.48. The highest BCUT2D eigenvalue weighted by Crippen LogP contribution is 2.25. The highest BCUT2D eigenvalue weighted by Gasteiger charge is 2.32. The Morgan fingerprint density at radius 3 is 2.89 bits per heavy atom. The Morgan fingerprint density at radius 2 is 2.32 bits per heavy atom. The second kappa shape index (κ2) is 6.26. The van der Waals surface area contributed by atoms with Gasteiger partial charge in [0.05, 0.1) is 11.4 Å². The monoisotopic (exact) mass is 383 g/mol. The lowest BCUT2D eigenvalue weighted by atomic mass is 10.3. The maximum absolute atomic E-state index is 12.2. The fraction of sp³-hybridized carbons (Fsp3) is 0.545. The van der Waals surface area contributed by atoms with Gasteiger partial charge in [0.15, 0.2) is 15.6 Å². The SMILES string of the molecule is CS(=O)(=O)C1CSCCN1CC(=O)c1sccc1Br. The number of nitrogens with zero attached hydrogens (tertiary/aromatic N) is 1. The second-order valence-electron chi connectivity index (χ2n) is 4.35. The molecule has 1 aromatic heterocycles. The summed E-state index contributed by atoms with van der Waals surface area (Å²) in [6.07, 6.45) is 1.24. The van der Waals surface area contributed by atoms with Crippen LogP contribution in [0.2, 0.25) is 0 Å². The predicted molar refractivity (Wildman–Crippen MR) is 83.9 cm³/mol. The molecule has 0 amide bonds. The van der Waals surface area contributed by atoms with Crippen molar-refractivity contribution in [2.45, 2.75) is 5.37 Å². The fourth-order valence-electron chi connectivity index (χ4n) is 1.94. The zero-order chi connectivity index (χ0) is 14.0. The van der Waals surface area contributed by atoms with Gasteiger partial charge in [-0.25, -0.2) is 8.42 Å². The van der Waals surface area contributed by atoms with Crippen molar-refractivity contribution in [3.63, 3.8) is 0 Å². The number of carbonyl (C=O) groups excluding carboxylic acids is 1. The molecule has 1 fully saturated rings. The van der Waals surface area contributed by atoms with E-state index in [2.05, 4.69) is 15.9 Å². The quantitative estimate of drug-likeness (QED) is 0.745. The first-order valence-electron chi connectivity index (χ1n) is 5.66. The van der Waals surface area contributed by atoms with Gasteiger partial charge in [0.25, 0.3) is 0 Å². The van der Waals surface area contributed by atoms with Crippen LogP contribution in [-0.4, -0.2) is 55.3 Å². The van der Waals surface area contributed by atoms with Gasteiger partial charge in [-0.2, -0.15) is 11.8 Å². The smallest absolute Gasteiger partial charge is 0.187 e. The summed E-state index contributed by atoms with van der Waals surface area (Å²) in [5.74, 6) is 1.38. The van der Waals surface area contributed by atoms with Gasteiger partial charge in [0, 0.05) is 28.8 Å². The van der Waals surface area contributed by atoms with Crippen molar-refractivity contribution in [3.05, 3.63) is 20.8 Å². The number of sulfone groups is 1. The number of ketones is 1. The molecule has 0 aromatic carbocycles. The van der Waals surface area contributed by atoms with Crippen LogP contribution in [-0.2, 0) is 9.84 Å². The topological polar surface area (TPSA) is 54.5 Å². The summed E-state index contributed by atoms with van der Waals surface area (Å²) < 4.78 is 24.3. The molecule has 1 aliphatic heterocycles. The Bertz CT molecular complexity index is 569. The third-order valence-corrected chi connectivity index (χ3v) is 7.47. The van der Waals surface area contributed by atoms with Crippen molar-refractivity contribution >= 4 is 54.6 Å². The number of thioether (sulfide) groups is 1. The van der Waals surface area contributed by atoms with E-state index < -0.39 is 15.2 Å². The summed E-state index contributed by atoms with van der Waals surface area (Å²) in [6, 6.07) is 1.83. The number of thiophene rings is 1. The molecular weight excluding hydrogens is 370 g/mol. The largest absolute Gasteiger partial charge is 0.292 e. The second-order valence-corrected chi connectivity index (χ2v) is 9.47.